The Balaban J connectivity index is 1.82. The Morgan fingerprint density at radius 2 is 1.27 bits per heavy atom. The molecule has 1 heterocycles. The van der Waals surface area contributed by atoms with E-state index in [1.807, 2.05) is 60.7 Å². The topological polar surface area (TPSA) is 296 Å². The predicted octanol–water partition coefficient (Wildman–Crippen LogP) is 0.606. The number of hydrogen-bond acceptors (Lipinski definition) is 11. The summed E-state index contributed by atoms with van der Waals surface area (Å²) in [6, 6.07) is 10.2. The maximum atomic E-state index is 14.6. The van der Waals surface area contributed by atoms with E-state index in [4.69, 9.17) is 9.84 Å². The van der Waals surface area contributed by atoms with Crippen molar-refractivity contribution in [2.45, 2.75) is 129 Å². The molecule has 7 amide bonds. The minimum absolute atomic E-state index is 0.0114. The number of nitrogens with zero attached hydrogens (tertiary/aromatic N) is 1. The molecule has 8 N–H and O–H groups in total. The Kier molecular flexibility index (Phi) is 21.4. The van der Waals surface area contributed by atoms with Gasteiger partial charge in [-0.2, -0.15) is 0 Å². The van der Waals surface area contributed by atoms with E-state index >= 15 is 0 Å². The third kappa shape index (κ3) is 17.0. The molecule has 3 rings (SSSR count). The van der Waals surface area contributed by atoms with Crippen LogP contribution in [-0.4, -0.2) is 130 Å². The van der Waals surface area contributed by atoms with Crippen molar-refractivity contribution in [1.29, 1.82) is 0 Å². The van der Waals surface area contributed by atoms with E-state index in [0.29, 0.717) is 6.42 Å². The predicted molar refractivity (Wildman–Crippen MR) is 238 cm³/mol. The lowest BCUT2D eigenvalue weighted by atomic mass is 9.98. The third-order valence-electron chi connectivity index (χ3n) is 10.8. The van der Waals surface area contributed by atoms with Gasteiger partial charge in [0.05, 0.1) is 25.2 Å². The lowest BCUT2D eigenvalue weighted by Crippen LogP contribution is -2.61. The second-order valence-corrected chi connectivity index (χ2v) is 16.8. The van der Waals surface area contributed by atoms with Crippen molar-refractivity contribution in [1.82, 2.24) is 36.8 Å². The first kappa shape index (κ1) is 53.6. The fraction of sp³-hybridized carbons (Fsp3) is 0.522. The van der Waals surface area contributed by atoms with Gasteiger partial charge >= 0.3 is 11.9 Å². The van der Waals surface area contributed by atoms with Gasteiger partial charge in [-0.1, -0.05) is 95.3 Å². The number of carbonyl (C=O) groups is 10. The highest BCUT2D eigenvalue weighted by Crippen LogP contribution is 2.25. The summed E-state index contributed by atoms with van der Waals surface area (Å²) in [5, 5.41) is 33.6. The summed E-state index contributed by atoms with van der Waals surface area (Å²) >= 11 is 0. The van der Waals surface area contributed by atoms with Crippen molar-refractivity contribution in [3.63, 3.8) is 0 Å². The van der Waals surface area contributed by atoms with E-state index < -0.39 is 126 Å². The number of hydrogen-bond donors (Lipinski definition) is 8. The van der Waals surface area contributed by atoms with Gasteiger partial charge in [-0.25, -0.2) is 0 Å². The number of amides is 7. The molecule has 1 saturated heterocycles. The molecule has 0 spiro atoms. The Morgan fingerprint density at radius 1 is 0.697 bits per heavy atom. The second kappa shape index (κ2) is 26.3. The number of benzene rings is 2. The van der Waals surface area contributed by atoms with Crippen LogP contribution in [0.4, 0.5) is 0 Å². The zero-order valence-corrected chi connectivity index (χ0v) is 38.2. The second-order valence-electron chi connectivity index (χ2n) is 16.8. The number of carboxylic acids is 2. The van der Waals surface area contributed by atoms with Crippen LogP contribution < -0.4 is 31.9 Å². The van der Waals surface area contributed by atoms with Gasteiger partial charge in [-0.3, -0.25) is 47.9 Å². The van der Waals surface area contributed by atoms with Crippen molar-refractivity contribution >= 4 is 59.1 Å². The van der Waals surface area contributed by atoms with Crippen LogP contribution in [0.5, 0.6) is 0 Å². The van der Waals surface area contributed by atoms with Crippen molar-refractivity contribution in [3.05, 3.63) is 71.8 Å². The summed E-state index contributed by atoms with van der Waals surface area (Å²) in [5.74, 6) is -10.8. The summed E-state index contributed by atoms with van der Waals surface area (Å²) < 4.78 is 6.16. The molecule has 0 saturated carbocycles. The Labute approximate surface area is 383 Å². The van der Waals surface area contributed by atoms with Crippen LogP contribution >= 0.6 is 0 Å². The maximum absolute atomic E-state index is 14.6. The molecule has 20 nitrogen and oxygen atoms in total. The molecule has 0 aromatic heterocycles. The average Bonchev–Trinajstić information content (AvgIpc) is 3.71. The highest BCUT2D eigenvalue weighted by molar-refractivity contribution is 6.38. The fourth-order valence-corrected chi connectivity index (χ4v) is 7.19. The quantitative estimate of drug-likeness (QED) is 0.0601. The molecule has 0 aliphatic carbocycles. The number of nitrogens with one attached hydrogen (secondary N) is 6. The van der Waals surface area contributed by atoms with Crippen molar-refractivity contribution in [3.8, 4) is 0 Å². The normalized spacial score (nSPS) is 16.8. The van der Waals surface area contributed by atoms with Gasteiger partial charge < -0.3 is 51.8 Å². The molecular weight excluding hydrogens is 859 g/mol. The van der Waals surface area contributed by atoms with Gasteiger partial charge in [0.1, 0.15) is 30.2 Å². The average molecular weight is 922 g/mol. The lowest BCUT2D eigenvalue weighted by molar-refractivity contribution is -0.144. The van der Waals surface area contributed by atoms with Crippen LogP contribution in [0.2, 0.25) is 0 Å². The molecule has 2 aromatic carbocycles. The minimum atomic E-state index is -1.77. The van der Waals surface area contributed by atoms with E-state index in [0.717, 1.165) is 18.1 Å². The molecular formula is C46H63N7O13. The molecule has 1 fully saturated rings. The molecule has 2 aromatic rings. The Bertz CT molecular complexity index is 2030. The standard InChI is InChI=1S/C46H63N7O13/c1-7-32(40(59)45(64)47-21-20-29-14-10-8-11-15-29)49-43(62)35-22-31(66-25-30-16-12-9-13-17-30)24-53(35)46(65)39(27(4)5)52-44(63)38(26(2)3)51-42(61)34(23-37(57)58)50-41(60)33(48-28(6)54)18-19-36(55)56/h8-17,26-27,31-35,38-39H,7,18-25H2,1-6H3,(H,47,64)(H,48,54)(H,49,62)(H,50,60)(H,51,61)(H,52,63)(H,55,56)(H,57,58)/t31-,32+,33+,34?,35+,38+,39+/m1/s1. The molecule has 20 heteroatoms. The summed E-state index contributed by atoms with van der Waals surface area (Å²) in [6.07, 6.45) is -1.95. The van der Waals surface area contributed by atoms with E-state index in [2.05, 4.69) is 31.9 Å². The summed E-state index contributed by atoms with van der Waals surface area (Å²) in [5.41, 5.74) is 1.79. The van der Waals surface area contributed by atoms with Crippen LogP contribution in [-0.2, 0) is 65.7 Å². The van der Waals surface area contributed by atoms with Crippen molar-refractivity contribution < 1.29 is 62.9 Å². The van der Waals surface area contributed by atoms with Crippen LogP contribution in [0.3, 0.4) is 0 Å². The van der Waals surface area contributed by atoms with Gasteiger partial charge in [0.15, 0.2) is 0 Å². The summed E-state index contributed by atoms with van der Waals surface area (Å²) in [7, 11) is 0. The first-order valence-electron chi connectivity index (χ1n) is 22.0. The lowest BCUT2D eigenvalue weighted by Gasteiger charge is -2.32. The Hall–Kier alpha value is -6.70. The third-order valence-corrected chi connectivity index (χ3v) is 10.8. The number of aliphatic carboxylic acids is 2. The first-order chi connectivity index (χ1) is 31.2. The van der Waals surface area contributed by atoms with E-state index in [1.54, 1.807) is 34.6 Å². The number of Topliss-reactive ketones (excluding diaryl/α,β-unsaturated/α-hetero) is 1. The summed E-state index contributed by atoms with van der Waals surface area (Å²) in [6.45, 7) is 9.41. The number of carboxylic acid groups (broad SMARTS) is 2. The molecule has 66 heavy (non-hydrogen) atoms. The van der Waals surface area contributed by atoms with Gasteiger partial charge in [0, 0.05) is 32.9 Å². The molecule has 7 atom stereocenters. The van der Waals surface area contributed by atoms with Crippen LogP contribution in [0.15, 0.2) is 60.7 Å². The number of likely N-dealkylation sites (tertiary alicyclic amines) is 1. The zero-order chi connectivity index (χ0) is 49.1. The molecule has 1 aliphatic heterocycles. The zero-order valence-electron chi connectivity index (χ0n) is 38.2. The molecule has 1 unspecified atom stereocenters. The monoisotopic (exact) mass is 921 g/mol. The van der Waals surface area contributed by atoms with E-state index in [1.165, 1.54) is 4.90 Å². The number of ether oxygens (including phenoxy) is 1. The SMILES string of the molecule is CC[C@H](NC(=O)[C@@H]1C[C@@H](OCc2ccccc2)CN1C(=O)[C@@H](NC(=O)[C@@H](NC(=O)C(CC(=O)O)NC(=O)[C@H](CCC(=O)O)NC(C)=O)C(C)C)C(C)C)C(=O)C(=O)NCCc1ccccc1. The largest absolute Gasteiger partial charge is 0.481 e. The van der Waals surface area contributed by atoms with Crippen molar-refractivity contribution in [2.24, 2.45) is 11.8 Å². The van der Waals surface area contributed by atoms with Crippen LogP contribution in [0, 0.1) is 11.8 Å². The van der Waals surface area contributed by atoms with Crippen LogP contribution in [0.25, 0.3) is 0 Å². The van der Waals surface area contributed by atoms with E-state index in [-0.39, 0.29) is 39.0 Å². The number of rotatable bonds is 26. The molecule has 360 valence electrons. The smallest absolute Gasteiger partial charge is 0.305 e. The highest BCUT2D eigenvalue weighted by Gasteiger charge is 2.45. The van der Waals surface area contributed by atoms with Gasteiger partial charge in [-0.15, -0.1) is 0 Å². The van der Waals surface area contributed by atoms with E-state index in [9.17, 15) is 53.1 Å². The molecule has 0 bridgehead atoms. The number of carbonyl (C=O) groups excluding carboxylic acids is 8. The van der Waals surface area contributed by atoms with Gasteiger partial charge in [0.25, 0.3) is 5.91 Å². The number of ketones is 1. The molecule has 0 radical (unpaired) electrons. The van der Waals surface area contributed by atoms with Crippen LogP contribution in [0.1, 0.15) is 84.8 Å². The summed E-state index contributed by atoms with van der Waals surface area (Å²) in [4.78, 5) is 132. The first-order valence-corrected chi connectivity index (χ1v) is 22.0. The van der Waals surface area contributed by atoms with Crippen molar-refractivity contribution in [2.75, 3.05) is 13.1 Å². The fourth-order valence-electron chi connectivity index (χ4n) is 7.19. The van der Waals surface area contributed by atoms with Gasteiger partial charge in [0.2, 0.25) is 41.2 Å². The maximum Gasteiger partial charge on any atom is 0.305 e. The highest BCUT2D eigenvalue weighted by atomic mass is 16.5. The minimum Gasteiger partial charge on any atom is -0.481 e. The van der Waals surface area contributed by atoms with Gasteiger partial charge in [-0.05, 0) is 42.2 Å². The molecule has 1 aliphatic rings. The Morgan fingerprint density at radius 3 is 1.82 bits per heavy atom.